The Balaban J connectivity index is 2.20. The second-order valence-electron chi connectivity index (χ2n) is 4.68. The van der Waals surface area contributed by atoms with Crippen LogP contribution in [0.1, 0.15) is 18.2 Å². The number of terminal acetylenes is 1. The Labute approximate surface area is 119 Å². The molecule has 0 aliphatic heterocycles. The van der Waals surface area contributed by atoms with Crippen molar-refractivity contribution in [3.63, 3.8) is 0 Å². The lowest BCUT2D eigenvalue weighted by atomic mass is 10.0. The van der Waals surface area contributed by atoms with Crippen molar-refractivity contribution in [1.29, 1.82) is 0 Å². The maximum Gasteiger partial charge on any atom is 0.0570 e. The molecule has 0 fully saturated rings. The predicted molar refractivity (Wildman–Crippen MR) is 86.4 cm³/mol. The first-order valence-electron chi connectivity index (χ1n) is 6.64. The van der Waals surface area contributed by atoms with E-state index in [2.05, 4.69) is 41.2 Å². The van der Waals surface area contributed by atoms with E-state index in [0.717, 1.165) is 22.2 Å². The molecule has 0 aliphatic carbocycles. The fourth-order valence-electron chi connectivity index (χ4n) is 2.48. The van der Waals surface area contributed by atoms with Crippen LogP contribution in [0.15, 0.2) is 54.6 Å². The maximum absolute atomic E-state index is 5.64. The normalized spacial score (nSPS) is 11.0. The van der Waals surface area contributed by atoms with Gasteiger partial charge in [-0.05, 0) is 30.2 Å². The maximum atomic E-state index is 5.64. The SMILES string of the molecule is C#Cc1c(/C=C\C)[nH]c2cc(-c3ccccc3)ccc12. The monoisotopic (exact) mass is 257 g/mol. The zero-order valence-electron chi connectivity index (χ0n) is 11.4. The summed E-state index contributed by atoms with van der Waals surface area (Å²) < 4.78 is 0. The van der Waals surface area contributed by atoms with E-state index in [1.807, 2.05) is 37.3 Å². The summed E-state index contributed by atoms with van der Waals surface area (Å²) in [6.45, 7) is 1.99. The van der Waals surface area contributed by atoms with Gasteiger partial charge in [-0.1, -0.05) is 54.5 Å². The first-order chi connectivity index (χ1) is 9.83. The summed E-state index contributed by atoms with van der Waals surface area (Å²) in [5.74, 6) is 2.78. The average Bonchev–Trinajstić information content (AvgIpc) is 2.84. The molecule has 1 aromatic heterocycles. The van der Waals surface area contributed by atoms with Crippen molar-refractivity contribution in [2.75, 3.05) is 0 Å². The molecule has 96 valence electrons. The first kappa shape index (κ1) is 12.3. The molecule has 0 bridgehead atoms. The number of hydrogen-bond donors (Lipinski definition) is 1. The lowest BCUT2D eigenvalue weighted by Gasteiger charge is -2.01. The van der Waals surface area contributed by atoms with E-state index >= 15 is 0 Å². The second kappa shape index (κ2) is 5.11. The van der Waals surface area contributed by atoms with Crippen LogP contribution in [0.5, 0.6) is 0 Å². The van der Waals surface area contributed by atoms with Gasteiger partial charge < -0.3 is 4.98 Å². The van der Waals surface area contributed by atoms with Crippen LogP contribution in [0, 0.1) is 12.3 Å². The third kappa shape index (κ3) is 2.02. The van der Waals surface area contributed by atoms with Crippen LogP contribution in [0.2, 0.25) is 0 Å². The number of nitrogens with one attached hydrogen (secondary N) is 1. The van der Waals surface area contributed by atoms with Crippen LogP contribution < -0.4 is 0 Å². The number of aromatic amines is 1. The summed E-state index contributed by atoms with van der Waals surface area (Å²) in [6, 6.07) is 16.7. The zero-order valence-corrected chi connectivity index (χ0v) is 11.4. The van der Waals surface area contributed by atoms with E-state index in [1.54, 1.807) is 0 Å². The molecule has 3 aromatic rings. The topological polar surface area (TPSA) is 15.8 Å². The molecule has 2 aromatic carbocycles. The minimum atomic E-state index is 0.928. The molecule has 0 saturated carbocycles. The smallest absolute Gasteiger partial charge is 0.0570 e. The summed E-state index contributed by atoms with van der Waals surface area (Å²) in [5.41, 5.74) is 5.40. The number of allylic oxidation sites excluding steroid dienone is 1. The number of hydrogen-bond acceptors (Lipinski definition) is 0. The van der Waals surface area contributed by atoms with Crippen LogP contribution in [0.3, 0.4) is 0 Å². The van der Waals surface area contributed by atoms with Crippen LogP contribution in [-0.4, -0.2) is 4.98 Å². The Morgan fingerprint density at radius 3 is 2.55 bits per heavy atom. The Hall–Kier alpha value is -2.72. The molecule has 0 saturated heterocycles. The van der Waals surface area contributed by atoms with E-state index in [0.29, 0.717) is 0 Å². The Morgan fingerprint density at radius 2 is 1.85 bits per heavy atom. The van der Waals surface area contributed by atoms with Crippen molar-refractivity contribution < 1.29 is 0 Å². The van der Waals surface area contributed by atoms with E-state index in [-0.39, 0.29) is 0 Å². The van der Waals surface area contributed by atoms with Gasteiger partial charge in [-0.25, -0.2) is 0 Å². The zero-order chi connectivity index (χ0) is 13.9. The van der Waals surface area contributed by atoms with Crippen molar-refractivity contribution in [2.24, 2.45) is 0 Å². The molecule has 0 amide bonds. The highest BCUT2D eigenvalue weighted by Gasteiger charge is 2.08. The largest absolute Gasteiger partial charge is 0.354 e. The van der Waals surface area contributed by atoms with Gasteiger partial charge in [0.1, 0.15) is 0 Å². The minimum absolute atomic E-state index is 0.928. The second-order valence-corrected chi connectivity index (χ2v) is 4.68. The molecular formula is C19H15N. The van der Waals surface area contributed by atoms with Gasteiger partial charge in [-0.2, -0.15) is 0 Å². The number of aromatic nitrogens is 1. The fourth-order valence-corrected chi connectivity index (χ4v) is 2.48. The van der Waals surface area contributed by atoms with E-state index in [4.69, 9.17) is 6.42 Å². The van der Waals surface area contributed by atoms with Gasteiger partial charge in [-0.3, -0.25) is 0 Å². The third-order valence-corrected chi connectivity index (χ3v) is 3.41. The Bertz CT molecular complexity index is 814. The van der Waals surface area contributed by atoms with Crippen molar-refractivity contribution in [1.82, 2.24) is 4.98 Å². The highest BCUT2D eigenvalue weighted by molar-refractivity contribution is 5.93. The molecular weight excluding hydrogens is 242 g/mol. The molecule has 0 spiro atoms. The van der Waals surface area contributed by atoms with Crippen molar-refractivity contribution in [2.45, 2.75) is 6.92 Å². The van der Waals surface area contributed by atoms with E-state index in [9.17, 15) is 0 Å². The number of benzene rings is 2. The summed E-state index contributed by atoms with van der Waals surface area (Å²) >= 11 is 0. The minimum Gasteiger partial charge on any atom is -0.354 e. The fraction of sp³-hybridized carbons (Fsp3) is 0.0526. The first-order valence-corrected chi connectivity index (χ1v) is 6.64. The summed E-state index contributed by atoms with van der Waals surface area (Å²) in [6.07, 6.45) is 9.64. The van der Waals surface area contributed by atoms with Gasteiger partial charge >= 0.3 is 0 Å². The standard InChI is InChI=1S/C19H15N/c1-3-8-18-16(4-2)17-12-11-15(13-19(17)20-18)14-9-6-5-7-10-14/h2-3,5-13,20H,1H3/b8-3-. The predicted octanol–water partition coefficient (Wildman–Crippen LogP) is 4.85. The van der Waals surface area contributed by atoms with Crippen molar-refractivity contribution >= 4 is 17.0 Å². The van der Waals surface area contributed by atoms with Crippen LogP contribution in [-0.2, 0) is 0 Å². The van der Waals surface area contributed by atoms with Gasteiger partial charge in [0.2, 0.25) is 0 Å². The molecule has 1 nitrogen and oxygen atoms in total. The van der Waals surface area contributed by atoms with Gasteiger partial charge in [0.05, 0.1) is 11.3 Å². The average molecular weight is 257 g/mol. The van der Waals surface area contributed by atoms with E-state index in [1.165, 1.54) is 11.1 Å². The summed E-state index contributed by atoms with van der Waals surface area (Å²) in [5, 5.41) is 1.10. The van der Waals surface area contributed by atoms with Crippen molar-refractivity contribution in [3.05, 3.63) is 65.9 Å². The molecule has 0 atom stereocenters. The van der Waals surface area contributed by atoms with E-state index < -0.39 is 0 Å². The molecule has 1 heteroatoms. The highest BCUT2D eigenvalue weighted by atomic mass is 14.7. The van der Waals surface area contributed by atoms with Crippen LogP contribution in [0.25, 0.3) is 28.1 Å². The molecule has 0 aliphatic rings. The lowest BCUT2D eigenvalue weighted by molar-refractivity contribution is 1.42. The van der Waals surface area contributed by atoms with Gasteiger partial charge in [-0.15, -0.1) is 6.42 Å². The van der Waals surface area contributed by atoms with Crippen LogP contribution in [0.4, 0.5) is 0 Å². The summed E-state index contributed by atoms with van der Waals surface area (Å²) in [7, 11) is 0. The Kier molecular flexibility index (Phi) is 3.15. The highest BCUT2D eigenvalue weighted by Crippen LogP contribution is 2.28. The lowest BCUT2D eigenvalue weighted by Crippen LogP contribution is -1.77. The number of fused-ring (bicyclic) bond motifs is 1. The number of H-pyrrole nitrogens is 1. The van der Waals surface area contributed by atoms with Crippen molar-refractivity contribution in [3.8, 4) is 23.5 Å². The summed E-state index contributed by atoms with van der Waals surface area (Å²) in [4.78, 5) is 3.40. The van der Waals surface area contributed by atoms with Gasteiger partial charge in [0, 0.05) is 10.9 Å². The number of rotatable bonds is 2. The quantitative estimate of drug-likeness (QED) is 0.632. The molecule has 3 rings (SSSR count). The molecule has 0 radical (unpaired) electrons. The molecule has 0 unspecified atom stereocenters. The Morgan fingerprint density at radius 1 is 1.05 bits per heavy atom. The van der Waals surface area contributed by atoms with Gasteiger partial charge in [0.15, 0.2) is 0 Å². The molecule has 1 N–H and O–H groups in total. The molecule has 20 heavy (non-hydrogen) atoms. The van der Waals surface area contributed by atoms with Crippen LogP contribution >= 0.6 is 0 Å². The molecule has 1 heterocycles. The van der Waals surface area contributed by atoms with Gasteiger partial charge in [0.25, 0.3) is 0 Å². The third-order valence-electron chi connectivity index (χ3n) is 3.41.